The number of halogens is 1. The molecule has 2 N–H and O–H groups in total. The average Bonchev–Trinajstić information content (AvgIpc) is 2.84. The first-order chi connectivity index (χ1) is 13.0. The first kappa shape index (κ1) is 20.0. The molecule has 0 saturated heterocycles. The second kappa shape index (κ2) is 5.85. The van der Waals surface area contributed by atoms with Crippen LogP contribution in [0, 0.1) is 28.6 Å². The summed E-state index contributed by atoms with van der Waals surface area (Å²) < 4.78 is 16.9. The average molecular weight is 390 g/mol. The van der Waals surface area contributed by atoms with Gasteiger partial charge in [-0.15, -0.1) is 0 Å². The van der Waals surface area contributed by atoms with Crippen molar-refractivity contribution in [3.8, 4) is 0 Å². The van der Waals surface area contributed by atoms with Gasteiger partial charge in [0.05, 0.1) is 6.10 Å². The smallest absolute Gasteiger partial charge is 0.178 e. The Morgan fingerprint density at radius 2 is 2.00 bits per heavy atom. The molecule has 0 aromatic heterocycles. The van der Waals surface area contributed by atoms with Crippen LogP contribution in [0.4, 0.5) is 4.39 Å². The van der Waals surface area contributed by atoms with E-state index in [0.29, 0.717) is 19.3 Å². The minimum atomic E-state index is -1.92. The van der Waals surface area contributed by atoms with Gasteiger partial charge in [0.1, 0.15) is 5.60 Å². The van der Waals surface area contributed by atoms with E-state index in [9.17, 15) is 19.8 Å². The molecule has 4 aliphatic rings. The second-order valence-corrected chi connectivity index (χ2v) is 9.94. The van der Waals surface area contributed by atoms with Gasteiger partial charge in [0.25, 0.3) is 0 Å². The Labute approximate surface area is 165 Å². The standard InChI is InChI=1S/C23H31FO4/c1-5-18(26)23(28)13(2)10-17-16-7-6-14-11-15(25)8-9-20(14,3)22(16,24)19(27)12-21(17,23)4/h8-9,11,13,16-17,19,27-28H,5-7,10,12H2,1-4H3/t13-,16?,17?,19?,20?,21?,22+,23+/m1/s1. The monoisotopic (exact) mass is 390 g/mol. The topological polar surface area (TPSA) is 74.6 Å². The van der Waals surface area contributed by atoms with E-state index in [2.05, 4.69) is 0 Å². The third-order valence-electron chi connectivity index (χ3n) is 8.97. The van der Waals surface area contributed by atoms with Crippen LogP contribution >= 0.6 is 0 Å². The van der Waals surface area contributed by atoms with Crippen molar-refractivity contribution in [1.29, 1.82) is 0 Å². The molecule has 0 heterocycles. The lowest BCUT2D eigenvalue weighted by atomic mass is 9.44. The molecule has 5 unspecified atom stereocenters. The highest BCUT2D eigenvalue weighted by molar-refractivity contribution is 6.01. The predicted molar refractivity (Wildman–Crippen MR) is 103 cm³/mol. The molecule has 3 saturated carbocycles. The lowest BCUT2D eigenvalue weighted by molar-refractivity contribution is -0.218. The van der Waals surface area contributed by atoms with Gasteiger partial charge >= 0.3 is 0 Å². The number of hydrogen-bond donors (Lipinski definition) is 2. The minimum Gasteiger partial charge on any atom is -0.390 e. The summed E-state index contributed by atoms with van der Waals surface area (Å²) in [5.74, 6) is -1.29. The molecule has 0 aromatic carbocycles. The Kier molecular flexibility index (Phi) is 4.17. The largest absolute Gasteiger partial charge is 0.390 e. The fraction of sp³-hybridized carbons (Fsp3) is 0.739. The van der Waals surface area contributed by atoms with Crippen LogP contribution in [0.3, 0.4) is 0 Å². The number of Topliss-reactive ketones (excluding diaryl/α,β-unsaturated/α-hetero) is 1. The molecule has 3 fully saturated rings. The van der Waals surface area contributed by atoms with E-state index < -0.39 is 34.1 Å². The van der Waals surface area contributed by atoms with Crippen LogP contribution in [0.2, 0.25) is 0 Å². The molecular formula is C23H31FO4. The summed E-state index contributed by atoms with van der Waals surface area (Å²) in [6.07, 6.45) is 5.18. The van der Waals surface area contributed by atoms with E-state index in [4.69, 9.17) is 0 Å². The molecule has 0 radical (unpaired) electrons. The third-order valence-corrected chi connectivity index (χ3v) is 8.97. The molecular weight excluding hydrogens is 359 g/mol. The summed E-state index contributed by atoms with van der Waals surface area (Å²) in [6, 6.07) is 0. The summed E-state index contributed by atoms with van der Waals surface area (Å²) in [5.41, 5.74) is -4.61. The second-order valence-electron chi connectivity index (χ2n) is 9.94. The normalized spacial score (nSPS) is 52.5. The van der Waals surface area contributed by atoms with Gasteiger partial charge in [-0.05, 0) is 56.6 Å². The molecule has 8 atom stereocenters. The number of hydrogen-bond acceptors (Lipinski definition) is 4. The SMILES string of the molecule is CCC(=O)[C@@]1(O)[C@H](C)CC2C3CCC4=CC(=O)C=CC4(C)[C@@]3(F)C(O)CC21C. The van der Waals surface area contributed by atoms with E-state index in [1.807, 2.05) is 13.8 Å². The molecule has 5 heteroatoms. The lowest BCUT2D eigenvalue weighted by Crippen LogP contribution is -2.69. The van der Waals surface area contributed by atoms with Crippen LogP contribution in [-0.2, 0) is 9.59 Å². The quantitative estimate of drug-likeness (QED) is 0.759. The molecule has 28 heavy (non-hydrogen) atoms. The van der Waals surface area contributed by atoms with Crippen LogP contribution < -0.4 is 0 Å². The highest BCUT2D eigenvalue weighted by Gasteiger charge is 2.75. The van der Waals surface area contributed by atoms with Gasteiger partial charge < -0.3 is 10.2 Å². The summed E-state index contributed by atoms with van der Waals surface area (Å²) in [5, 5.41) is 22.7. The molecule has 0 bridgehead atoms. The van der Waals surface area contributed by atoms with Gasteiger partial charge in [0.15, 0.2) is 17.2 Å². The van der Waals surface area contributed by atoms with Gasteiger partial charge in [-0.3, -0.25) is 9.59 Å². The van der Waals surface area contributed by atoms with Gasteiger partial charge in [-0.2, -0.15) is 0 Å². The molecule has 4 rings (SSSR count). The van der Waals surface area contributed by atoms with Crippen molar-refractivity contribution in [2.75, 3.05) is 0 Å². The molecule has 154 valence electrons. The minimum absolute atomic E-state index is 0.0436. The fourth-order valence-electron chi connectivity index (χ4n) is 7.41. The summed E-state index contributed by atoms with van der Waals surface area (Å²) >= 11 is 0. The molecule has 0 aliphatic heterocycles. The van der Waals surface area contributed by atoms with Crippen molar-refractivity contribution in [2.24, 2.45) is 28.6 Å². The van der Waals surface area contributed by atoms with Crippen molar-refractivity contribution in [3.05, 3.63) is 23.8 Å². The van der Waals surface area contributed by atoms with E-state index in [1.54, 1.807) is 19.9 Å². The molecule has 4 nitrogen and oxygen atoms in total. The van der Waals surface area contributed by atoms with Gasteiger partial charge in [-0.1, -0.05) is 32.4 Å². The number of ketones is 2. The van der Waals surface area contributed by atoms with Gasteiger partial charge in [0, 0.05) is 23.2 Å². The first-order valence-corrected chi connectivity index (χ1v) is 10.5. The Morgan fingerprint density at radius 3 is 2.64 bits per heavy atom. The van der Waals surface area contributed by atoms with Gasteiger partial charge in [-0.25, -0.2) is 4.39 Å². The van der Waals surface area contributed by atoms with Crippen molar-refractivity contribution >= 4 is 11.6 Å². The first-order valence-electron chi connectivity index (χ1n) is 10.5. The summed E-state index contributed by atoms with van der Waals surface area (Å²) in [4.78, 5) is 24.7. The number of alkyl halides is 1. The van der Waals surface area contributed by atoms with Crippen LogP contribution in [0.1, 0.15) is 59.8 Å². The fourth-order valence-corrected chi connectivity index (χ4v) is 7.41. The summed E-state index contributed by atoms with van der Waals surface area (Å²) in [7, 11) is 0. The Morgan fingerprint density at radius 1 is 1.32 bits per heavy atom. The predicted octanol–water partition coefficient (Wildman–Crippen LogP) is 3.31. The number of allylic oxidation sites excluding steroid dienone is 4. The highest BCUT2D eigenvalue weighted by atomic mass is 19.1. The van der Waals surface area contributed by atoms with E-state index in [-0.39, 0.29) is 36.2 Å². The van der Waals surface area contributed by atoms with Crippen LogP contribution in [0.15, 0.2) is 23.8 Å². The summed E-state index contributed by atoms with van der Waals surface area (Å²) in [6.45, 7) is 7.26. The van der Waals surface area contributed by atoms with Crippen LogP contribution in [-0.4, -0.2) is 39.2 Å². The highest BCUT2D eigenvalue weighted by Crippen LogP contribution is 2.70. The molecule has 0 aromatic rings. The Bertz CT molecular complexity index is 802. The Hall–Kier alpha value is -1.33. The maximum atomic E-state index is 16.9. The molecule has 0 amide bonds. The number of carbonyl (C=O) groups excluding carboxylic acids is 2. The zero-order valence-electron chi connectivity index (χ0n) is 17.2. The van der Waals surface area contributed by atoms with E-state index >= 15 is 4.39 Å². The van der Waals surface area contributed by atoms with Crippen LogP contribution in [0.25, 0.3) is 0 Å². The molecule has 0 spiro atoms. The van der Waals surface area contributed by atoms with Crippen molar-refractivity contribution < 1.29 is 24.2 Å². The Balaban J connectivity index is 1.84. The van der Waals surface area contributed by atoms with E-state index in [0.717, 1.165) is 5.57 Å². The lowest BCUT2D eigenvalue weighted by Gasteiger charge is -2.62. The number of rotatable bonds is 2. The number of aliphatic hydroxyl groups excluding tert-OH is 1. The van der Waals surface area contributed by atoms with Crippen molar-refractivity contribution in [3.63, 3.8) is 0 Å². The number of fused-ring (bicyclic) bond motifs is 5. The van der Waals surface area contributed by atoms with Gasteiger partial charge in [0.2, 0.25) is 0 Å². The van der Waals surface area contributed by atoms with E-state index in [1.165, 1.54) is 12.2 Å². The third kappa shape index (κ3) is 2.02. The zero-order valence-corrected chi connectivity index (χ0v) is 17.2. The zero-order chi connectivity index (χ0) is 20.7. The number of carbonyl (C=O) groups is 2. The number of aliphatic hydroxyl groups is 2. The van der Waals surface area contributed by atoms with Crippen molar-refractivity contribution in [2.45, 2.75) is 77.2 Å². The molecule has 4 aliphatic carbocycles. The maximum Gasteiger partial charge on any atom is 0.178 e. The van der Waals surface area contributed by atoms with Crippen LogP contribution in [0.5, 0.6) is 0 Å². The maximum absolute atomic E-state index is 16.9. The van der Waals surface area contributed by atoms with Crippen molar-refractivity contribution in [1.82, 2.24) is 0 Å².